The molecule has 1 unspecified atom stereocenters. The molecule has 1 aromatic heterocycles. The van der Waals surface area contributed by atoms with Gasteiger partial charge in [-0.3, -0.25) is 4.79 Å². The van der Waals surface area contributed by atoms with Gasteiger partial charge in [-0.2, -0.15) is 0 Å². The van der Waals surface area contributed by atoms with E-state index in [-0.39, 0.29) is 11.9 Å². The maximum atomic E-state index is 12.2. The van der Waals surface area contributed by atoms with Crippen molar-refractivity contribution < 1.29 is 4.79 Å². The zero-order valence-electron chi connectivity index (χ0n) is 11.1. The van der Waals surface area contributed by atoms with Gasteiger partial charge < -0.3 is 14.9 Å². The molecule has 1 aliphatic carbocycles. The number of hydrogen-bond donors (Lipinski definition) is 2. The van der Waals surface area contributed by atoms with E-state index in [4.69, 9.17) is 12.2 Å². The zero-order valence-corrected chi connectivity index (χ0v) is 11.9. The summed E-state index contributed by atoms with van der Waals surface area (Å²) >= 11 is 5.35. The van der Waals surface area contributed by atoms with E-state index in [0.717, 1.165) is 23.9 Å². The molecule has 5 heteroatoms. The molecule has 2 N–H and O–H groups in total. The van der Waals surface area contributed by atoms with E-state index in [1.165, 1.54) is 5.56 Å². The first-order chi connectivity index (χ1) is 9.06. The molecule has 1 aromatic carbocycles. The van der Waals surface area contributed by atoms with Gasteiger partial charge in [-0.25, -0.2) is 0 Å². The number of carbonyl (C=O) groups excluding carboxylic acids is 1. The summed E-state index contributed by atoms with van der Waals surface area (Å²) < 4.78 is 2.49. The van der Waals surface area contributed by atoms with Gasteiger partial charge in [0.25, 0.3) is 0 Å². The predicted octanol–water partition coefficient (Wildman–Crippen LogP) is 2.85. The van der Waals surface area contributed by atoms with Crippen molar-refractivity contribution in [3.63, 3.8) is 0 Å². The van der Waals surface area contributed by atoms with Gasteiger partial charge in [-0.1, -0.05) is 6.07 Å². The summed E-state index contributed by atoms with van der Waals surface area (Å²) in [6.07, 6.45) is 2.19. The van der Waals surface area contributed by atoms with Gasteiger partial charge in [-0.15, -0.1) is 0 Å². The second kappa shape index (κ2) is 4.49. The Morgan fingerprint density at radius 3 is 2.95 bits per heavy atom. The number of H-pyrrole nitrogens is 1. The van der Waals surface area contributed by atoms with Crippen LogP contribution < -0.4 is 5.32 Å². The fourth-order valence-corrected chi connectivity index (χ4v) is 2.66. The summed E-state index contributed by atoms with van der Waals surface area (Å²) in [7, 11) is 0. The molecular weight excluding hydrogens is 258 g/mol. The Kier molecular flexibility index (Phi) is 2.93. The number of aromatic amines is 1. The van der Waals surface area contributed by atoms with Gasteiger partial charge in [0.2, 0.25) is 5.91 Å². The lowest BCUT2D eigenvalue weighted by molar-refractivity contribution is -0.123. The minimum absolute atomic E-state index is 0.0417. The van der Waals surface area contributed by atoms with Gasteiger partial charge in [0.05, 0.1) is 11.0 Å². The summed E-state index contributed by atoms with van der Waals surface area (Å²) in [5, 5.41) is 3.03. The van der Waals surface area contributed by atoms with E-state index in [1.807, 2.05) is 36.6 Å². The van der Waals surface area contributed by atoms with Crippen LogP contribution in [0.5, 0.6) is 0 Å². The van der Waals surface area contributed by atoms with Crippen LogP contribution in [0.3, 0.4) is 0 Å². The highest BCUT2D eigenvalue weighted by atomic mass is 32.1. The summed E-state index contributed by atoms with van der Waals surface area (Å²) in [4.78, 5) is 15.3. The Morgan fingerprint density at radius 1 is 1.53 bits per heavy atom. The van der Waals surface area contributed by atoms with Crippen molar-refractivity contribution in [3.8, 4) is 0 Å². The molecule has 3 rings (SSSR count). The van der Waals surface area contributed by atoms with E-state index in [1.54, 1.807) is 0 Å². The third-order valence-corrected chi connectivity index (χ3v) is 3.86. The number of rotatable bonds is 3. The Bertz CT molecular complexity index is 696. The van der Waals surface area contributed by atoms with Crippen molar-refractivity contribution in [1.29, 1.82) is 0 Å². The highest BCUT2D eigenvalue weighted by Crippen LogP contribution is 2.23. The first kappa shape index (κ1) is 12.4. The summed E-state index contributed by atoms with van der Waals surface area (Å²) in [5.41, 5.74) is 3.14. The molecule has 0 aliphatic heterocycles. The van der Waals surface area contributed by atoms with Crippen molar-refractivity contribution in [2.24, 2.45) is 0 Å². The number of carbonyl (C=O) groups is 1. The number of fused-ring (bicyclic) bond motifs is 1. The Labute approximate surface area is 116 Å². The van der Waals surface area contributed by atoms with Crippen LogP contribution >= 0.6 is 12.2 Å². The topological polar surface area (TPSA) is 49.8 Å². The first-order valence-corrected chi connectivity index (χ1v) is 6.98. The predicted molar refractivity (Wildman–Crippen MR) is 77.7 cm³/mol. The molecule has 0 spiro atoms. The third-order valence-electron chi connectivity index (χ3n) is 3.56. The van der Waals surface area contributed by atoms with Gasteiger partial charge in [0.1, 0.15) is 6.04 Å². The van der Waals surface area contributed by atoms with Crippen LogP contribution in [0.2, 0.25) is 0 Å². The van der Waals surface area contributed by atoms with Gasteiger partial charge in [0.15, 0.2) is 4.77 Å². The monoisotopic (exact) mass is 275 g/mol. The van der Waals surface area contributed by atoms with Gasteiger partial charge >= 0.3 is 0 Å². The lowest BCUT2D eigenvalue weighted by Crippen LogP contribution is -2.32. The molecule has 19 heavy (non-hydrogen) atoms. The van der Waals surface area contributed by atoms with Crippen LogP contribution in [0.4, 0.5) is 0 Å². The number of nitrogens with one attached hydrogen (secondary N) is 2. The number of imidazole rings is 1. The lowest BCUT2D eigenvalue weighted by Gasteiger charge is -2.14. The summed E-state index contributed by atoms with van der Waals surface area (Å²) in [5.74, 6) is 0.0417. The van der Waals surface area contributed by atoms with E-state index >= 15 is 0 Å². The van der Waals surface area contributed by atoms with Crippen molar-refractivity contribution >= 4 is 29.2 Å². The molecule has 4 nitrogen and oxygen atoms in total. The lowest BCUT2D eigenvalue weighted by atomic mass is 10.2. The van der Waals surface area contributed by atoms with Crippen molar-refractivity contribution in [3.05, 3.63) is 28.5 Å². The first-order valence-electron chi connectivity index (χ1n) is 6.57. The Balaban J connectivity index is 2.01. The molecule has 1 aliphatic rings. The van der Waals surface area contributed by atoms with Crippen LogP contribution in [0.1, 0.15) is 31.4 Å². The fourth-order valence-electron chi connectivity index (χ4n) is 2.30. The van der Waals surface area contributed by atoms with Crippen LogP contribution in [-0.2, 0) is 4.79 Å². The quantitative estimate of drug-likeness (QED) is 0.846. The average Bonchev–Trinajstić information content (AvgIpc) is 3.10. The minimum atomic E-state index is -0.287. The third kappa shape index (κ3) is 2.30. The number of amides is 1. The Morgan fingerprint density at radius 2 is 2.26 bits per heavy atom. The molecule has 1 heterocycles. The summed E-state index contributed by atoms with van der Waals surface area (Å²) in [6.45, 7) is 3.93. The Hall–Kier alpha value is -1.62. The average molecular weight is 275 g/mol. The fraction of sp³-hybridized carbons (Fsp3) is 0.429. The number of aromatic nitrogens is 2. The van der Waals surface area contributed by atoms with Crippen molar-refractivity contribution in [2.75, 3.05) is 0 Å². The molecule has 1 fully saturated rings. The number of benzene rings is 1. The maximum Gasteiger partial charge on any atom is 0.243 e. The largest absolute Gasteiger partial charge is 0.352 e. The number of hydrogen-bond acceptors (Lipinski definition) is 2. The SMILES string of the molecule is Cc1ccc2c(c1)[nH]c(=S)n2C(C)C(=O)NC1CC1. The molecule has 100 valence electrons. The molecule has 0 bridgehead atoms. The van der Waals surface area contributed by atoms with Gasteiger partial charge in [-0.05, 0) is 56.6 Å². The van der Waals surface area contributed by atoms with E-state index in [0.29, 0.717) is 10.8 Å². The van der Waals surface area contributed by atoms with Crippen LogP contribution in [0.25, 0.3) is 11.0 Å². The second-order valence-electron chi connectivity index (χ2n) is 5.28. The molecule has 0 radical (unpaired) electrons. The molecule has 1 saturated carbocycles. The number of nitrogens with zero attached hydrogens (tertiary/aromatic N) is 1. The van der Waals surface area contributed by atoms with Crippen LogP contribution in [0, 0.1) is 11.7 Å². The van der Waals surface area contributed by atoms with Crippen LogP contribution in [-0.4, -0.2) is 21.5 Å². The molecule has 2 aromatic rings. The smallest absolute Gasteiger partial charge is 0.243 e. The van der Waals surface area contributed by atoms with Gasteiger partial charge in [0, 0.05) is 6.04 Å². The standard InChI is InChI=1S/C14H17N3OS/c1-8-3-6-12-11(7-8)16-14(19)17(12)9(2)13(18)15-10-4-5-10/h3,6-7,9-10H,4-5H2,1-2H3,(H,15,18)(H,16,19). The van der Waals surface area contributed by atoms with Crippen molar-refractivity contribution in [1.82, 2.24) is 14.9 Å². The van der Waals surface area contributed by atoms with E-state index in [2.05, 4.69) is 10.3 Å². The highest BCUT2D eigenvalue weighted by Gasteiger charge is 2.27. The number of aryl methyl sites for hydroxylation is 1. The minimum Gasteiger partial charge on any atom is -0.352 e. The van der Waals surface area contributed by atoms with E-state index < -0.39 is 0 Å². The van der Waals surface area contributed by atoms with Crippen molar-refractivity contribution in [2.45, 2.75) is 38.8 Å². The van der Waals surface area contributed by atoms with Crippen LogP contribution in [0.15, 0.2) is 18.2 Å². The normalized spacial score (nSPS) is 16.5. The zero-order chi connectivity index (χ0) is 13.6. The molecule has 1 atom stereocenters. The molecule has 1 amide bonds. The summed E-state index contributed by atoms with van der Waals surface area (Å²) in [6, 6.07) is 6.18. The van der Waals surface area contributed by atoms with E-state index in [9.17, 15) is 4.79 Å². The maximum absolute atomic E-state index is 12.2. The highest BCUT2D eigenvalue weighted by molar-refractivity contribution is 7.71. The second-order valence-corrected chi connectivity index (χ2v) is 5.67. The molecule has 0 saturated heterocycles. The molecular formula is C14H17N3OS.